The number of anilines is 1. The fourth-order valence-corrected chi connectivity index (χ4v) is 4.12. The summed E-state index contributed by atoms with van der Waals surface area (Å²) in [4.78, 5) is 4.16. The van der Waals surface area contributed by atoms with Gasteiger partial charge in [0.1, 0.15) is 0 Å². The van der Waals surface area contributed by atoms with Crippen LogP contribution in [-0.2, 0) is 5.79 Å². The van der Waals surface area contributed by atoms with E-state index in [9.17, 15) is 0 Å². The Bertz CT molecular complexity index is 651. The lowest BCUT2D eigenvalue weighted by molar-refractivity contribution is -0.00969. The number of rotatable bonds is 4. The van der Waals surface area contributed by atoms with Crippen LogP contribution >= 0.6 is 0 Å². The number of hydrogen-bond donors (Lipinski definition) is 3. The SMILES string of the molecule is NC1(n2nccn2)NCCCC1N1CCC(Nc2ccccc2)CC1. The van der Waals surface area contributed by atoms with Gasteiger partial charge in [0.05, 0.1) is 18.4 Å². The van der Waals surface area contributed by atoms with E-state index >= 15 is 0 Å². The molecule has 134 valence electrons. The summed E-state index contributed by atoms with van der Waals surface area (Å²) in [6.45, 7) is 2.98. The van der Waals surface area contributed by atoms with Crippen LogP contribution in [0.3, 0.4) is 0 Å². The third-order valence-electron chi connectivity index (χ3n) is 5.44. The summed E-state index contributed by atoms with van der Waals surface area (Å²) in [6.07, 6.45) is 7.83. The van der Waals surface area contributed by atoms with E-state index in [0.717, 1.165) is 45.3 Å². The molecule has 2 aromatic rings. The van der Waals surface area contributed by atoms with E-state index in [4.69, 9.17) is 5.73 Å². The summed E-state index contributed by atoms with van der Waals surface area (Å²) in [7, 11) is 0. The topological polar surface area (TPSA) is 84.0 Å². The molecule has 0 radical (unpaired) electrons. The predicted octanol–water partition coefficient (Wildman–Crippen LogP) is 1.18. The normalized spacial score (nSPS) is 28.8. The highest BCUT2D eigenvalue weighted by atomic mass is 15.6. The molecule has 2 atom stereocenters. The largest absolute Gasteiger partial charge is 0.382 e. The van der Waals surface area contributed by atoms with Crippen LogP contribution in [0.4, 0.5) is 5.69 Å². The molecule has 2 fully saturated rings. The van der Waals surface area contributed by atoms with Crippen molar-refractivity contribution in [3.05, 3.63) is 42.7 Å². The molecule has 4 rings (SSSR count). The van der Waals surface area contributed by atoms with Crippen LogP contribution < -0.4 is 16.4 Å². The maximum absolute atomic E-state index is 6.73. The molecule has 0 bridgehead atoms. The van der Waals surface area contributed by atoms with Crippen LogP contribution in [0.2, 0.25) is 0 Å². The highest BCUT2D eigenvalue weighted by molar-refractivity contribution is 5.43. The minimum atomic E-state index is -0.721. The molecular formula is C18H27N7. The minimum Gasteiger partial charge on any atom is -0.382 e. The molecule has 0 amide bonds. The van der Waals surface area contributed by atoms with E-state index < -0.39 is 5.79 Å². The molecule has 0 aliphatic carbocycles. The maximum atomic E-state index is 6.73. The lowest BCUT2D eigenvalue weighted by Crippen LogP contribution is -2.71. The summed E-state index contributed by atoms with van der Waals surface area (Å²) in [5, 5.41) is 15.7. The lowest BCUT2D eigenvalue weighted by Gasteiger charge is -2.48. The van der Waals surface area contributed by atoms with Crippen LogP contribution in [0, 0.1) is 0 Å². The fourth-order valence-electron chi connectivity index (χ4n) is 4.12. The molecule has 2 saturated heterocycles. The van der Waals surface area contributed by atoms with E-state index in [1.54, 1.807) is 17.2 Å². The zero-order valence-electron chi connectivity index (χ0n) is 14.5. The Balaban J connectivity index is 1.41. The van der Waals surface area contributed by atoms with Gasteiger partial charge in [-0.15, -0.1) is 4.80 Å². The summed E-state index contributed by atoms with van der Waals surface area (Å²) < 4.78 is 0. The zero-order chi connectivity index (χ0) is 17.1. The van der Waals surface area contributed by atoms with E-state index in [1.807, 2.05) is 6.07 Å². The van der Waals surface area contributed by atoms with Crippen molar-refractivity contribution in [1.29, 1.82) is 0 Å². The number of likely N-dealkylation sites (tertiary alicyclic amines) is 1. The zero-order valence-corrected chi connectivity index (χ0v) is 14.5. The number of nitrogens with zero attached hydrogens (tertiary/aromatic N) is 4. The number of piperidine rings is 2. The third-order valence-corrected chi connectivity index (χ3v) is 5.44. The van der Waals surface area contributed by atoms with Crippen molar-refractivity contribution in [2.45, 2.75) is 43.6 Å². The Hall–Kier alpha value is -1.96. The van der Waals surface area contributed by atoms with Gasteiger partial charge in [0, 0.05) is 24.8 Å². The van der Waals surface area contributed by atoms with Crippen LogP contribution in [0.5, 0.6) is 0 Å². The molecule has 0 saturated carbocycles. The van der Waals surface area contributed by atoms with Crippen LogP contribution in [0.1, 0.15) is 25.7 Å². The van der Waals surface area contributed by atoms with Crippen molar-refractivity contribution in [2.75, 3.05) is 25.0 Å². The van der Waals surface area contributed by atoms with Gasteiger partial charge in [0.2, 0.25) is 0 Å². The quantitative estimate of drug-likeness (QED) is 0.774. The molecule has 0 spiro atoms. The van der Waals surface area contributed by atoms with Crippen LogP contribution in [0.25, 0.3) is 0 Å². The molecule has 25 heavy (non-hydrogen) atoms. The van der Waals surface area contributed by atoms with Gasteiger partial charge < -0.3 is 5.32 Å². The van der Waals surface area contributed by atoms with Gasteiger partial charge in [0.15, 0.2) is 5.79 Å². The Morgan fingerprint density at radius 1 is 1.08 bits per heavy atom. The van der Waals surface area contributed by atoms with Crippen LogP contribution in [-0.4, -0.2) is 51.6 Å². The van der Waals surface area contributed by atoms with Gasteiger partial charge in [0.25, 0.3) is 0 Å². The molecule has 7 heteroatoms. The van der Waals surface area contributed by atoms with Crippen molar-refractivity contribution < 1.29 is 0 Å². The first-order valence-electron chi connectivity index (χ1n) is 9.22. The van der Waals surface area contributed by atoms with Crippen molar-refractivity contribution >= 4 is 5.69 Å². The second kappa shape index (κ2) is 7.11. The Morgan fingerprint density at radius 2 is 1.80 bits per heavy atom. The summed E-state index contributed by atoms with van der Waals surface area (Å²) in [6, 6.07) is 11.2. The fraction of sp³-hybridized carbons (Fsp3) is 0.556. The lowest BCUT2D eigenvalue weighted by atomic mass is 9.94. The summed E-state index contributed by atoms with van der Waals surface area (Å²) in [5.41, 5.74) is 7.93. The van der Waals surface area contributed by atoms with Gasteiger partial charge in [-0.25, -0.2) is 0 Å². The van der Waals surface area contributed by atoms with Gasteiger partial charge in [-0.3, -0.25) is 16.0 Å². The molecule has 2 unspecified atom stereocenters. The first-order valence-corrected chi connectivity index (χ1v) is 9.22. The van der Waals surface area contributed by atoms with Gasteiger partial charge in [-0.1, -0.05) is 18.2 Å². The maximum Gasteiger partial charge on any atom is 0.198 e. The number of nitrogens with one attached hydrogen (secondary N) is 2. The number of para-hydroxylation sites is 1. The molecule has 4 N–H and O–H groups in total. The summed E-state index contributed by atoms with van der Waals surface area (Å²) >= 11 is 0. The first-order chi connectivity index (χ1) is 12.3. The van der Waals surface area contributed by atoms with Crippen molar-refractivity contribution in [1.82, 2.24) is 25.2 Å². The van der Waals surface area contributed by atoms with E-state index in [2.05, 4.69) is 50.0 Å². The van der Waals surface area contributed by atoms with E-state index in [1.165, 1.54) is 5.69 Å². The monoisotopic (exact) mass is 341 g/mol. The Kier molecular flexibility index (Phi) is 4.70. The molecule has 2 aliphatic heterocycles. The number of nitrogens with two attached hydrogens (primary N) is 1. The second-order valence-electron chi connectivity index (χ2n) is 7.05. The van der Waals surface area contributed by atoms with E-state index in [-0.39, 0.29) is 6.04 Å². The molecule has 2 aliphatic rings. The number of benzene rings is 1. The van der Waals surface area contributed by atoms with Crippen molar-refractivity contribution in [2.24, 2.45) is 5.73 Å². The highest BCUT2D eigenvalue weighted by Crippen LogP contribution is 2.27. The Morgan fingerprint density at radius 3 is 2.52 bits per heavy atom. The van der Waals surface area contributed by atoms with Gasteiger partial charge in [-0.05, 0) is 44.4 Å². The smallest absolute Gasteiger partial charge is 0.198 e. The van der Waals surface area contributed by atoms with E-state index in [0.29, 0.717) is 6.04 Å². The molecule has 1 aromatic heterocycles. The highest BCUT2D eigenvalue weighted by Gasteiger charge is 2.44. The predicted molar refractivity (Wildman–Crippen MR) is 97.9 cm³/mol. The minimum absolute atomic E-state index is 0.214. The second-order valence-corrected chi connectivity index (χ2v) is 7.05. The average molecular weight is 341 g/mol. The third kappa shape index (κ3) is 3.40. The van der Waals surface area contributed by atoms with Gasteiger partial charge >= 0.3 is 0 Å². The first kappa shape index (κ1) is 16.5. The molecule has 7 nitrogen and oxygen atoms in total. The van der Waals surface area contributed by atoms with Gasteiger partial charge in [-0.2, -0.15) is 10.2 Å². The molecule has 1 aromatic carbocycles. The Labute approximate surface area is 148 Å². The standard InChI is InChI=1S/C18H27N7/c19-18(25-21-11-12-22-25)17(7-4-10-20-18)24-13-8-16(9-14-24)23-15-5-2-1-3-6-15/h1-3,5-6,11-12,16-17,20,23H,4,7-10,13-14,19H2. The number of hydrogen-bond acceptors (Lipinski definition) is 6. The van der Waals surface area contributed by atoms with Crippen LogP contribution in [0.15, 0.2) is 42.7 Å². The average Bonchev–Trinajstić information content (AvgIpc) is 3.19. The summed E-state index contributed by atoms with van der Waals surface area (Å²) in [5.74, 6) is -0.721. The van der Waals surface area contributed by atoms with Crippen molar-refractivity contribution in [3.8, 4) is 0 Å². The molecular weight excluding hydrogens is 314 g/mol. The van der Waals surface area contributed by atoms with Crippen molar-refractivity contribution in [3.63, 3.8) is 0 Å². The number of aromatic nitrogens is 3. The molecule has 3 heterocycles.